The van der Waals surface area contributed by atoms with Crippen LogP contribution < -0.4 is 10.6 Å². The van der Waals surface area contributed by atoms with Gasteiger partial charge in [-0.15, -0.1) is 0 Å². The van der Waals surface area contributed by atoms with E-state index in [0.717, 1.165) is 36.7 Å². The number of rotatable bonds is 6. The average Bonchev–Trinajstić information content (AvgIpc) is 2.74. The van der Waals surface area contributed by atoms with Crippen LogP contribution in [0.2, 0.25) is 0 Å². The molecule has 166 valence electrons. The third-order valence-corrected chi connectivity index (χ3v) is 5.77. The predicted octanol–water partition coefficient (Wildman–Crippen LogP) is 3.39. The number of carbonyl (C=O) groups is 1. The molecular weight excluding hydrogens is 386 g/mol. The van der Waals surface area contributed by atoms with Crippen LogP contribution in [-0.2, 0) is 11.3 Å². The molecule has 2 aromatic carbocycles. The minimum atomic E-state index is -0.0128. The SMILES string of the molecule is CN=C(NCc1cccc(NC(=O)CN(C)C)c1)N1CCC(c2ccccc2)C(C)C1. The first-order valence-electron chi connectivity index (χ1n) is 11.0. The zero-order valence-electron chi connectivity index (χ0n) is 19.1. The summed E-state index contributed by atoms with van der Waals surface area (Å²) in [6.07, 6.45) is 1.12. The molecule has 0 radical (unpaired) electrons. The molecule has 0 aromatic heterocycles. The molecule has 1 amide bonds. The van der Waals surface area contributed by atoms with Crippen molar-refractivity contribution >= 4 is 17.6 Å². The third-order valence-electron chi connectivity index (χ3n) is 5.77. The Balaban J connectivity index is 1.55. The highest BCUT2D eigenvalue weighted by Gasteiger charge is 2.28. The minimum absolute atomic E-state index is 0.0128. The van der Waals surface area contributed by atoms with E-state index in [4.69, 9.17) is 0 Å². The highest BCUT2D eigenvalue weighted by molar-refractivity contribution is 5.92. The Morgan fingerprint density at radius 3 is 2.61 bits per heavy atom. The summed E-state index contributed by atoms with van der Waals surface area (Å²) in [5, 5.41) is 6.45. The Labute approximate surface area is 186 Å². The molecule has 6 heteroatoms. The number of carbonyl (C=O) groups excluding carboxylic acids is 1. The molecule has 1 fully saturated rings. The van der Waals surface area contributed by atoms with E-state index in [1.165, 1.54) is 5.56 Å². The van der Waals surface area contributed by atoms with Crippen LogP contribution in [0.1, 0.15) is 30.4 Å². The third kappa shape index (κ3) is 6.56. The summed E-state index contributed by atoms with van der Waals surface area (Å²) in [7, 11) is 5.61. The van der Waals surface area contributed by atoms with Crippen LogP contribution in [0.3, 0.4) is 0 Å². The Hall–Kier alpha value is -2.86. The average molecular weight is 422 g/mol. The first-order valence-corrected chi connectivity index (χ1v) is 11.0. The summed E-state index contributed by atoms with van der Waals surface area (Å²) < 4.78 is 0. The molecule has 1 aliphatic heterocycles. The number of amides is 1. The van der Waals surface area contributed by atoms with Crippen LogP contribution in [0.25, 0.3) is 0 Å². The molecule has 31 heavy (non-hydrogen) atoms. The number of aliphatic imine (C=N–C) groups is 1. The van der Waals surface area contributed by atoms with Crippen LogP contribution in [0.5, 0.6) is 0 Å². The molecule has 0 saturated carbocycles. The first kappa shape index (κ1) is 22.8. The number of benzene rings is 2. The number of nitrogens with zero attached hydrogens (tertiary/aromatic N) is 3. The molecule has 0 bridgehead atoms. The maximum absolute atomic E-state index is 12.0. The fourth-order valence-electron chi connectivity index (χ4n) is 4.29. The van der Waals surface area contributed by atoms with Crippen LogP contribution in [0.4, 0.5) is 5.69 Å². The molecule has 2 N–H and O–H groups in total. The standard InChI is InChI=1S/C25H35N5O/c1-19-17-30(14-13-23(19)21-10-6-5-7-11-21)25(26-2)27-16-20-9-8-12-22(15-20)28-24(31)18-29(3)4/h5-12,15,19,23H,13-14,16-18H2,1-4H3,(H,26,27)(H,28,31). The quantitative estimate of drug-likeness (QED) is 0.555. The fourth-order valence-corrected chi connectivity index (χ4v) is 4.29. The van der Waals surface area contributed by atoms with Gasteiger partial charge in [-0.2, -0.15) is 0 Å². The van der Waals surface area contributed by atoms with Gasteiger partial charge in [-0.1, -0.05) is 49.4 Å². The number of piperidine rings is 1. The van der Waals surface area contributed by atoms with Gasteiger partial charge in [0.05, 0.1) is 6.54 Å². The fraction of sp³-hybridized carbons (Fsp3) is 0.440. The summed E-state index contributed by atoms with van der Waals surface area (Å²) in [6, 6.07) is 18.8. The van der Waals surface area contributed by atoms with Crippen molar-refractivity contribution in [3.05, 3.63) is 65.7 Å². The summed E-state index contributed by atoms with van der Waals surface area (Å²) in [5.74, 6) is 2.07. The van der Waals surface area contributed by atoms with Crippen molar-refractivity contribution in [2.45, 2.75) is 25.8 Å². The Morgan fingerprint density at radius 2 is 1.94 bits per heavy atom. The summed E-state index contributed by atoms with van der Waals surface area (Å²) >= 11 is 0. The lowest BCUT2D eigenvalue weighted by Crippen LogP contribution is -2.47. The second-order valence-electron chi connectivity index (χ2n) is 8.62. The van der Waals surface area contributed by atoms with Crippen molar-refractivity contribution in [1.82, 2.24) is 15.1 Å². The Bertz CT molecular complexity index is 880. The first-order chi connectivity index (χ1) is 15.0. The van der Waals surface area contributed by atoms with Crippen LogP contribution in [-0.4, -0.2) is 62.4 Å². The highest BCUT2D eigenvalue weighted by Crippen LogP contribution is 2.32. The monoisotopic (exact) mass is 421 g/mol. The smallest absolute Gasteiger partial charge is 0.238 e. The topological polar surface area (TPSA) is 60.0 Å². The van der Waals surface area contributed by atoms with Crippen molar-refractivity contribution in [1.29, 1.82) is 0 Å². The maximum atomic E-state index is 12.0. The minimum Gasteiger partial charge on any atom is -0.352 e. The molecule has 0 spiro atoms. The lowest BCUT2D eigenvalue weighted by molar-refractivity contribution is -0.116. The van der Waals surface area contributed by atoms with Crippen molar-refractivity contribution in [2.75, 3.05) is 46.1 Å². The van der Waals surface area contributed by atoms with Crippen LogP contribution >= 0.6 is 0 Å². The zero-order chi connectivity index (χ0) is 22.2. The molecule has 2 aromatic rings. The molecule has 1 aliphatic rings. The normalized spacial score (nSPS) is 19.4. The number of guanidine groups is 1. The number of hydrogen-bond donors (Lipinski definition) is 2. The zero-order valence-corrected chi connectivity index (χ0v) is 19.1. The molecular formula is C25H35N5O. The van der Waals surface area contributed by atoms with Gasteiger partial charge >= 0.3 is 0 Å². The Morgan fingerprint density at radius 1 is 1.16 bits per heavy atom. The number of likely N-dealkylation sites (tertiary alicyclic amines) is 1. The molecule has 0 aliphatic carbocycles. The van der Waals surface area contributed by atoms with Gasteiger partial charge in [0, 0.05) is 32.4 Å². The number of nitrogens with one attached hydrogen (secondary N) is 2. The molecule has 1 saturated heterocycles. The van der Waals surface area contributed by atoms with Gasteiger partial charge in [0.25, 0.3) is 0 Å². The van der Waals surface area contributed by atoms with E-state index in [-0.39, 0.29) is 5.91 Å². The van der Waals surface area contributed by atoms with E-state index < -0.39 is 0 Å². The van der Waals surface area contributed by atoms with E-state index in [0.29, 0.717) is 24.9 Å². The molecule has 2 atom stereocenters. The lowest BCUT2D eigenvalue weighted by atomic mass is 9.82. The van der Waals surface area contributed by atoms with E-state index in [1.54, 1.807) is 0 Å². The van der Waals surface area contributed by atoms with Crippen molar-refractivity contribution < 1.29 is 4.79 Å². The molecule has 2 unspecified atom stereocenters. The largest absolute Gasteiger partial charge is 0.352 e. The van der Waals surface area contributed by atoms with Gasteiger partial charge in [-0.25, -0.2) is 0 Å². The second kappa shape index (κ2) is 11.0. The van der Waals surface area contributed by atoms with Crippen molar-refractivity contribution in [3.8, 4) is 0 Å². The predicted molar refractivity (Wildman–Crippen MR) is 128 cm³/mol. The van der Waals surface area contributed by atoms with Gasteiger partial charge in [0.2, 0.25) is 5.91 Å². The lowest BCUT2D eigenvalue weighted by Gasteiger charge is -2.39. The van der Waals surface area contributed by atoms with Crippen molar-refractivity contribution in [3.63, 3.8) is 0 Å². The van der Waals surface area contributed by atoms with Gasteiger partial charge in [0.1, 0.15) is 0 Å². The Kier molecular flexibility index (Phi) is 8.06. The number of likely N-dealkylation sites (N-methyl/N-ethyl adjacent to an activating group) is 1. The summed E-state index contributed by atoms with van der Waals surface area (Å²) in [5.41, 5.74) is 3.36. The van der Waals surface area contributed by atoms with Gasteiger partial charge in [0.15, 0.2) is 5.96 Å². The van der Waals surface area contributed by atoms with Crippen LogP contribution in [0.15, 0.2) is 59.6 Å². The molecule has 6 nitrogen and oxygen atoms in total. The van der Waals surface area contributed by atoms with E-state index >= 15 is 0 Å². The van der Waals surface area contributed by atoms with E-state index in [1.807, 2.05) is 44.2 Å². The van der Waals surface area contributed by atoms with Crippen LogP contribution in [0, 0.1) is 5.92 Å². The van der Waals surface area contributed by atoms with E-state index in [9.17, 15) is 4.79 Å². The van der Waals surface area contributed by atoms with Gasteiger partial charge < -0.3 is 20.4 Å². The van der Waals surface area contributed by atoms with Gasteiger partial charge in [-0.05, 0) is 55.6 Å². The second-order valence-corrected chi connectivity index (χ2v) is 8.62. The highest BCUT2D eigenvalue weighted by atomic mass is 16.2. The number of anilines is 1. The number of hydrogen-bond acceptors (Lipinski definition) is 3. The van der Waals surface area contributed by atoms with E-state index in [2.05, 4.69) is 63.8 Å². The maximum Gasteiger partial charge on any atom is 0.238 e. The molecule has 3 rings (SSSR count). The van der Waals surface area contributed by atoms with Crippen molar-refractivity contribution in [2.24, 2.45) is 10.9 Å². The summed E-state index contributed by atoms with van der Waals surface area (Å²) in [4.78, 5) is 20.7. The van der Waals surface area contributed by atoms with Gasteiger partial charge in [-0.3, -0.25) is 9.79 Å². The molecule has 1 heterocycles. The summed E-state index contributed by atoms with van der Waals surface area (Å²) in [6.45, 7) is 5.34.